The van der Waals surface area contributed by atoms with Crippen LogP contribution in [0.15, 0.2) is 60.9 Å². The van der Waals surface area contributed by atoms with Crippen molar-refractivity contribution in [2.45, 2.75) is 31.8 Å². The topological polar surface area (TPSA) is 42.4 Å². The molecule has 1 atom stereocenters. The van der Waals surface area contributed by atoms with Gasteiger partial charge in [0.1, 0.15) is 11.9 Å². The monoisotopic (exact) mass is 363 g/mol. The minimum atomic E-state index is -0.843. The molecule has 1 aromatic heterocycles. The lowest BCUT2D eigenvalue weighted by molar-refractivity contribution is 0.214. The fourth-order valence-electron chi connectivity index (χ4n) is 3.46. The van der Waals surface area contributed by atoms with E-state index in [-0.39, 0.29) is 5.82 Å². The van der Waals surface area contributed by atoms with Gasteiger partial charge in [-0.25, -0.2) is 4.39 Å². The maximum Gasteiger partial charge on any atom is 0.123 e. The fourth-order valence-corrected chi connectivity index (χ4v) is 3.46. The van der Waals surface area contributed by atoms with Gasteiger partial charge in [0, 0.05) is 16.9 Å². The summed E-state index contributed by atoms with van der Waals surface area (Å²) in [6.45, 7) is 2.44. The number of halogens is 1. The largest absolute Gasteiger partial charge is 0.502 e. The second-order valence-electron chi connectivity index (χ2n) is 6.81. The fraction of sp³-hybridized carbons (Fsp3) is 0.261. The van der Waals surface area contributed by atoms with Gasteiger partial charge in [-0.15, -0.1) is 0 Å². The van der Waals surface area contributed by atoms with Gasteiger partial charge in [0.15, 0.2) is 0 Å². The first-order valence-electron chi connectivity index (χ1n) is 9.34. The van der Waals surface area contributed by atoms with Crippen molar-refractivity contribution in [3.63, 3.8) is 0 Å². The molecule has 0 radical (unpaired) electrons. The van der Waals surface area contributed by atoms with Crippen LogP contribution in [0.4, 0.5) is 4.39 Å². The number of aliphatic hydroxyl groups is 1. The van der Waals surface area contributed by atoms with E-state index in [1.54, 1.807) is 18.2 Å². The van der Waals surface area contributed by atoms with Crippen molar-refractivity contribution < 1.29 is 14.2 Å². The number of rotatable bonds is 6. The van der Waals surface area contributed by atoms with Gasteiger partial charge in [-0.3, -0.25) is 4.98 Å². The van der Waals surface area contributed by atoms with Crippen molar-refractivity contribution in [2.75, 3.05) is 6.61 Å². The quantitative estimate of drug-likeness (QED) is 0.588. The molecule has 0 amide bonds. The average Bonchev–Trinajstić information content (AvgIpc) is 3.52. The summed E-state index contributed by atoms with van der Waals surface area (Å²) < 4.78 is 18.8. The number of ether oxygens (including phenoxy) is 1. The van der Waals surface area contributed by atoms with Gasteiger partial charge in [0.25, 0.3) is 0 Å². The van der Waals surface area contributed by atoms with E-state index in [1.165, 1.54) is 18.4 Å². The zero-order chi connectivity index (χ0) is 18.8. The molecule has 1 heterocycles. The first kappa shape index (κ1) is 17.7. The summed E-state index contributed by atoms with van der Waals surface area (Å²) >= 11 is 0. The summed E-state index contributed by atoms with van der Waals surface area (Å²) in [6, 6.07) is 14.3. The molecule has 3 nitrogen and oxygen atoms in total. The van der Waals surface area contributed by atoms with Gasteiger partial charge in [-0.1, -0.05) is 30.3 Å². The van der Waals surface area contributed by atoms with E-state index >= 15 is 0 Å². The van der Waals surface area contributed by atoms with Crippen molar-refractivity contribution in [3.05, 3.63) is 77.9 Å². The van der Waals surface area contributed by atoms with E-state index in [0.717, 1.165) is 46.1 Å². The van der Waals surface area contributed by atoms with E-state index in [1.807, 2.05) is 31.2 Å². The predicted molar refractivity (Wildman–Crippen MR) is 105 cm³/mol. The summed E-state index contributed by atoms with van der Waals surface area (Å²) in [6.07, 6.45) is 4.48. The van der Waals surface area contributed by atoms with Crippen LogP contribution < -0.4 is 0 Å². The van der Waals surface area contributed by atoms with Crippen molar-refractivity contribution >= 4 is 10.9 Å². The highest BCUT2D eigenvalue weighted by atomic mass is 19.1. The number of pyridine rings is 1. The second-order valence-corrected chi connectivity index (χ2v) is 6.81. The Hall–Kier alpha value is -2.72. The minimum Gasteiger partial charge on any atom is -0.502 e. The Bertz CT molecular complexity index is 978. The number of benzene rings is 2. The minimum absolute atomic E-state index is 0.280. The van der Waals surface area contributed by atoms with E-state index in [2.05, 4.69) is 0 Å². The molecule has 1 aliphatic rings. The maximum absolute atomic E-state index is 13.5. The van der Waals surface area contributed by atoms with Crippen molar-refractivity contribution in [2.24, 2.45) is 0 Å². The van der Waals surface area contributed by atoms with Crippen molar-refractivity contribution in [1.29, 1.82) is 0 Å². The average molecular weight is 363 g/mol. The molecule has 1 N–H and O–H groups in total. The molecule has 0 bridgehead atoms. The first-order valence-corrected chi connectivity index (χ1v) is 9.34. The summed E-state index contributed by atoms with van der Waals surface area (Å²) in [5, 5.41) is 11.9. The van der Waals surface area contributed by atoms with Crippen LogP contribution in [-0.4, -0.2) is 16.7 Å². The summed E-state index contributed by atoms with van der Waals surface area (Å²) in [5.41, 5.74) is 4.40. The van der Waals surface area contributed by atoms with Gasteiger partial charge in [0.2, 0.25) is 0 Å². The SMILES string of the molecule is CCOC=CC(O)c1c(C2CC2)nc2ccccc2c1-c1ccc(F)cc1. The lowest BCUT2D eigenvalue weighted by Gasteiger charge is -2.20. The van der Waals surface area contributed by atoms with Gasteiger partial charge < -0.3 is 9.84 Å². The molecular formula is C23H22FNO2. The summed E-state index contributed by atoms with van der Waals surface area (Å²) in [4.78, 5) is 4.88. The van der Waals surface area contributed by atoms with Gasteiger partial charge in [-0.2, -0.15) is 0 Å². The molecule has 1 saturated carbocycles. The van der Waals surface area contributed by atoms with E-state index in [4.69, 9.17) is 9.72 Å². The molecule has 1 fully saturated rings. The molecule has 0 spiro atoms. The van der Waals surface area contributed by atoms with Crippen LogP contribution in [-0.2, 0) is 4.74 Å². The number of fused-ring (bicyclic) bond motifs is 1. The Morgan fingerprint density at radius 2 is 1.93 bits per heavy atom. The molecule has 4 rings (SSSR count). The second kappa shape index (κ2) is 7.49. The molecule has 0 aliphatic heterocycles. The third kappa shape index (κ3) is 3.58. The van der Waals surface area contributed by atoms with Crippen molar-refractivity contribution in [3.8, 4) is 11.1 Å². The van der Waals surface area contributed by atoms with Crippen LogP contribution in [0, 0.1) is 5.82 Å². The zero-order valence-electron chi connectivity index (χ0n) is 15.2. The molecule has 2 aromatic carbocycles. The molecule has 4 heteroatoms. The highest BCUT2D eigenvalue weighted by molar-refractivity contribution is 5.97. The van der Waals surface area contributed by atoms with E-state index in [0.29, 0.717) is 12.5 Å². The molecule has 138 valence electrons. The van der Waals surface area contributed by atoms with Gasteiger partial charge >= 0.3 is 0 Å². The predicted octanol–water partition coefficient (Wildman–Crippen LogP) is 5.50. The Morgan fingerprint density at radius 1 is 1.19 bits per heavy atom. The first-order chi connectivity index (χ1) is 13.2. The van der Waals surface area contributed by atoms with Crippen LogP contribution in [0.3, 0.4) is 0 Å². The highest BCUT2D eigenvalue weighted by Crippen LogP contribution is 2.47. The standard InChI is InChI=1S/C23H22FNO2/c1-2-27-14-13-20(26)22-21(15-9-11-17(24)12-10-15)18-5-3-4-6-19(18)25-23(22)16-7-8-16/h3-6,9-14,16,20,26H,2,7-8H2,1H3. The normalized spacial score (nSPS) is 15.4. The zero-order valence-corrected chi connectivity index (χ0v) is 15.2. The lowest BCUT2D eigenvalue weighted by atomic mass is 9.90. The Morgan fingerprint density at radius 3 is 2.63 bits per heavy atom. The lowest BCUT2D eigenvalue weighted by Crippen LogP contribution is -2.06. The van der Waals surface area contributed by atoms with E-state index < -0.39 is 6.10 Å². The molecule has 1 unspecified atom stereocenters. The van der Waals surface area contributed by atoms with Crippen LogP contribution in [0.5, 0.6) is 0 Å². The van der Waals surface area contributed by atoms with Gasteiger partial charge in [-0.05, 0) is 55.2 Å². The maximum atomic E-state index is 13.5. The molecule has 3 aromatic rings. The molecule has 1 aliphatic carbocycles. The van der Waals surface area contributed by atoms with Crippen LogP contribution in [0.25, 0.3) is 22.0 Å². The molecular weight excluding hydrogens is 341 g/mol. The van der Waals surface area contributed by atoms with E-state index in [9.17, 15) is 9.50 Å². The Balaban J connectivity index is 1.98. The van der Waals surface area contributed by atoms with Crippen molar-refractivity contribution in [1.82, 2.24) is 4.98 Å². The third-order valence-electron chi connectivity index (χ3n) is 4.88. The van der Waals surface area contributed by atoms with Crippen LogP contribution >= 0.6 is 0 Å². The third-order valence-corrected chi connectivity index (χ3v) is 4.88. The Labute approximate surface area is 158 Å². The number of hydrogen-bond donors (Lipinski definition) is 1. The summed E-state index contributed by atoms with van der Waals surface area (Å²) in [5.74, 6) is 0.0804. The number of nitrogens with zero attached hydrogens (tertiary/aromatic N) is 1. The smallest absolute Gasteiger partial charge is 0.123 e. The highest BCUT2D eigenvalue weighted by Gasteiger charge is 2.32. The number of aliphatic hydroxyl groups excluding tert-OH is 1. The molecule has 0 saturated heterocycles. The number of hydrogen-bond acceptors (Lipinski definition) is 3. The van der Waals surface area contributed by atoms with Crippen LogP contribution in [0.1, 0.15) is 43.0 Å². The summed E-state index contributed by atoms with van der Waals surface area (Å²) in [7, 11) is 0. The van der Waals surface area contributed by atoms with Gasteiger partial charge in [0.05, 0.1) is 24.1 Å². The molecule has 27 heavy (non-hydrogen) atoms. The number of para-hydroxylation sites is 1. The van der Waals surface area contributed by atoms with Crippen LogP contribution in [0.2, 0.25) is 0 Å². The number of aromatic nitrogens is 1. The Kier molecular flexibility index (Phi) is 4.90.